The van der Waals surface area contributed by atoms with Crippen molar-refractivity contribution in [3.8, 4) is 11.5 Å². The number of amides is 1. The van der Waals surface area contributed by atoms with Crippen molar-refractivity contribution in [2.45, 2.75) is 14.7 Å². The summed E-state index contributed by atoms with van der Waals surface area (Å²) in [4.78, 5) is 23.6. The van der Waals surface area contributed by atoms with Crippen molar-refractivity contribution in [3.63, 3.8) is 0 Å². The van der Waals surface area contributed by atoms with Crippen molar-refractivity contribution in [3.05, 3.63) is 125 Å². The molecule has 356 valence electrons. The Morgan fingerprint density at radius 2 is 1.19 bits per heavy atom. The van der Waals surface area contributed by atoms with Crippen LogP contribution in [0.2, 0.25) is 0 Å². The van der Waals surface area contributed by atoms with Crippen LogP contribution in [-0.4, -0.2) is 83.5 Å². The number of hydrazone groups is 1. The molecule has 0 bridgehead atoms. The number of nitrogen functional groups attached to an aromatic ring is 1. The minimum atomic E-state index is -5.06. The smallest absolute Gasteiger partial charge is 0.296 e. The number of carbonyl (C=O) groups is 2. The minimum absolute atomic E-state index is 0.0316. The second kappa shape index (κ2) is 18.7. The zero-order chi connectivity index (χ0) is 50.2. The highest BCUT2D eigenvalue weighted by Crippen LogP contribution is 2.42. The number of nitrogens with zero attached hydrogens (tertiary/aromatic N) is 5. The van der Waals surface area contributed by atoms with Crippen LogP contribution in [0.5, 0.6) is 11.5 Å². The summed E-state index contributed by atoms with van der Waals surface area (Å²) in [6.45, 7) is 0. The van der Waals surface area contributed by atoms with Gasteiger partial charge in [0.1, 0.15) is 38.4 Å². The molecular formula is C41H32N8O16S4. The number of rotatable bonds is 14. The van der Waals surface area contributed by atoms with E-state index in [0.29, 0.717) is 23.9 Å². The number of nitrogens with two attached hydrogens (primary N) is 1. The maximum absolute atomic E-state index is 13.9. The summed E-state index contributed by atoms with van der Waals surface area (Å²) >= 11 is 0. The Hall–Kier alpha value is -7.83. The van der Waals surface area contributed by atoms with Gasteiger partial charge in [0.15, 0.2) is 5.71 Å². The van der Waals surface area contributed by atoms with Gasteiger partial charge in [0, 0.05) is 45.4 Å². The summed E-state index contributed by atoms with van der Waals surface area (Å²) < 4.78 is 147. The standard InChI is InChI=1S/C41H32N8O16S4/c1-64-35-20-33(47-49-39-38(69(61,62)63)15-22-5-8-24(16-28(22)40(39)50)43-41(51)21-3-6-23(42)7-4-21)36(65-2)19-32(35)46-45-31-13-12-30(27-11-9-25(17-29(27)31)66(52,53)54)44-48-34-18-26(67(55,56)57)10-14-37(34)68(58,59)60/h3-20,47H,42H2,1-2H3,(H,43,51)(H,52,53,54)(H,55,56,57)(H,58,59,60)(H,61,62,63)/b46-45?,48-44?,49-39-. The summed E-state index contributed by atoms with van der Waals surface area (Å²) in [6.07, 6.45) is 1.02. The monoisotopic (exact) mass is 1020 g/mol. The molecule has 0 atom stereocenters. The van der Waals surface area contributed by atoms with E-state index in [2.05, 4.69) is 36.3 Å². The first kappa shape index (κ1) is 49.1. The van der Waals surface area contributed by atoms with Crippen LogP contribution in [0.4, 0.5) is 39.8 Å². The lowest BCUT2D eigenvalue weighted by Gasteiger charge is -2.18. The lowest BCUT2D eigenvalue weighted by atomic mass is 9.94. The molecule has 24 nitrogen and oxygen atoms in total. The molecule has 0 fully saturated rings. The number of hydrogen-bond donors (Lipinski definition) is 7. The van der Waals surface area contributed by atoms with Crippen molar-refractivity contribution in [2.24, 2.45) is 25.6 Å². The van der Waals surface area contributed by atoms with E-state index in [-0.39, 0.29) is 67.4 Å². The number of azo groups is 2. The lowest BCUT2D eigenvalue weighted by molar-refractivity contribution is 0.102. The molecule has 0 unspecified atom stereocenters. The molecule has 0 saturated heterocycles. The van der Waals surface area contributed by atoms with Crippen LogP contribution in [0.3, 0.4) is 0 Å². The zero-order valence-electron chi connectivity index (χ0n) is 35.0. The van der Waals surface area contributed by atoms with Gasteiger partial charge in [0.2, 0.25) is 5.78 Å². The van der Waals surface area contributed by atoms with Gasteiger partial charge in [-0.25, -0.2) is 0 Å². The van der Waals surface area contributed by atoms with E-state index in [1.165, 1.54) is 87.0 Å². The molecule has 0 aliphatic heterocycles. The van der Waals surface area contributed by atoms with Gasteiger partial charge in [-0.3, -0.25) is 33.2 Å². The minimum Gasteiger partial charge on any atom is -0.494 e. The first-order chi connectivity index (χ1) is 32.3. The number of carbonyl (C=O) groups excluding carboxylic acids is 2. The summed E-state index contributed by atoms with van der Waals surface area (Å²) in [5.74, 6) is -1.57. The van der Waals surface area contributed by atoms with Gasteiger partial charge in [-0.05, 0) is 90.5 Å². The van der Waals surface area contributed by atoms with E-state index in [9.17, 15) is 61.5 Å². The van der Waals surface area contributed by atoms with E-state index < -0.39 is 83.2 Å². The van der Waals surface area contributed by atoms with Crippen LogP contribution in [-0.2, 0) is 40.5 Å². The van der Waals surface area contributed by atoms with Crippen LogP contribution in [0, 0.1) is 0 Å². The summed E-state index contributed by atoms with van der Waals surface area (Å²) in [5, 5.41) is 22.9. The fourth-order valence-corrected chi connectivity index (χ4v) is 8.78. The van der Waals surface area contributed by atoms with Crippen LogP contribution < -0.4 is 25.9 Å². The van der Waals surface area contributed by atoms with Crippen molar-refractivity contribution < 1.29 is 70.9 Å². The molecule has 0 aromatic heterocycles. The van der Waals surface area contributed by atoms with Crippen LogP contribution in [0.25, 0.3) is 16.8 Å². The Kier molecular flexibility index (Phi) is 13.3. The number of benzene rings is 6. The third kappa shape index (κ3) is 10.8. The molecule has 6 aromatic rings. The summed E-state index contributed by atoms with van der Waals surface area (Å²) in [6, 6.07) is 20.4. The van der Waals surface area contributed by atoms with Gasteiger partial charge in [-0.2, -0.15) is 38.8 Å². The SMILES string of the molecule is COc1cc(N/N=C2\C(=O)c3cc(NC(=O)c4ccc(N)cc4)ccc3C=C2S(=O)(=O)O)c(OC)cc1N=Nc1ccc(N=Nc2cc(S(=O)(=O)O)ccc2S(=O)(=O)O)c2ccc(S(=O)(=O)O)cc12. The number of methoxy groups -OCH3 is 2. The molecule has 1 aliphatic rings. The lowest BCUT2D eigenvalue weighted by Crippen LogP contribution is -2.27. The molecule has 6 aromatic carbocycles. The van der Waals surface area contributed by atoms with Gasteiger partial charge >= 0.3 is 0 Å². The highest BCUT2D eigenvalue weighted by Gasteiger charge is 2.33. The van der Waals surface area contributed by atoms with Crippen molar-refractivity contribution in [1.82, 2.24) is 0 Å². The molecule has 0 radical (unpaired) electrons. The fraction of sp³-hybridized carbons (Fsp3) is 0.0488. The molecule has 7 rings (SSSR count). The van der Waals surface area contributed by atoms with Crippen LogP contribution in [0.15, 0.2) is 148 Å². The quantitative estimate of drug-likeness (QED) is 0.0246. The molecule has 0 saturated carbocycles. The van der Waals surface area contributed by atoms with Gasteiger partial charge in [0.25, 0.3) is 46.4 Å². The first-order valence-corrected chi connectivity index (χ1v) is 24.7. The largest absolute Gasteiger partial charge is 0.494 e. The van der Waals surface area contributed by atoms with Crippen LogP contribution >= 0.6 is 0 Å². The zero-order valence-corrected chi connectivity index (χ0v) is 38.3. The predicted molar refractivity (Wildman–Crippen MR) is 248 cm³/mol. The van der Waals surface area contributed by atoms with E-state index in [0.717, 1.165) is 18.2 Å². The molecule has 8 N–H and O–H groups in total. The van der Waals surface area contributed by atoms with Gasteiger partial charge in [-0.1, -0.05) is 12.1 Å². The average molecular weight is 1020 g/mol. The molecule has 1 aliphatic carbocycles. The highest BCUT2D eigenvalue weighted by atomic mass is 32.2. The topological polar surface area (TPSA) is 382 Å². The van der Waals surface area contributed by atoms with Gasteiger partial charge in [0.05, 0.1) is 35.4 Å². The fourth-order valence-electron chi connectivity index (χ4n) is 6.51. The average Bonchev–Trinajstić information content (AvgIpc) is 3.28. The van der Waals surface area contributed by atoms with E-state index in [1.807, 2.05) is 0 Å². The number of ether oxygens (including phenoxy) is 2. The molecule has 69 heavy (non-hydrogen) atoms. The van der Waals surface area contributed by atoms with E-state index in [4.69, 9.17) is 15.2 Å². The molecular weight excluding hydrogens is 989 g/mol. The number of fused-ring (bicyclic) bond motifs is 2. The summed E-state index contributed by atoms with van der Waals surface area (Å²) in [5.41, 5.74) is 7.43. The third-order valence-corrected chi connectivity index (χ3v) is 13.3. The van der Waals surface area contributed by atoms with E-state index in [1.54, 1.807) is 0 Å². The van der Waals surface area contributed by atoms with Crippen molar-refractivity contribution in [1.29, 1.82) is 0 Å². The number of hydrogen-bond acceptors (Lipinski definition) is 19. The normalized spacial score (nSPS) is 14.0. The predicted octanol–water partition coefficient (Wildman–Crippen LogP) is 7.16. The number of nitrogens with one attached hydrogen (secondary N) is 2. The third-order valence-electron chi connectivity index (χ3n) is 9.81. The Bertz CT molecular complexity index is 3750. The maximum atomic E-state index is 13.9. The van der Waals surface area contributed by atoms with Crippen molar-refractivity contribution in [2.75, 3.05) is 30.7 Å². The Morgan fingerprint density at radius 1 is 0.594 bits per heavy atom. The Labute approximate surface area is 390 Å². The second-order valence-electron chi connectivity index (χ2n) is 14.3. The molecule has 0 heterocycles. The van der Waals surface area contributed by atoms with Crippen molar-refractivity contribution >= 4 is 115 Å². The van der Waals surface area contributed by atoms with Gasteiger partial charge < -0.3 is 20.5 Å². The molecule has 28 heteroatoms. The summed E-state index contributed by atoms with van der Waals surface area (Å²) in [7, 11) is -17.3. The van der Waals surface area contributed by atoms with Crippen LogP contribution in [0.1, 0.15) is 26.3 Å². The number of allylic oxidation sites excluding steroid dienone is 1. The Balaban J connectivity index is 1.23. The van der Waals surface area contributed by atoms with E-state index >= 15 is 0 Å². The van der Waals surface area contributed by atoms with Gasteiger partial charge in [-0.15, -0.1) is 20.5 Å². The number of anilines is 3. The highest BCUT2D eigenvalue weighted by molar-refractivity contribution is 7.91. The second-order valence-corrected chi connectivity index (χ2v) is 19.9. The molecule has 1 amide bonds. The number of Topliss-reactive ketones (excluding diaryl/α,β-unsaturated/α-hetero) is 1. The maximum Gasteiger partial charge on any atom is 0.296 e. The Morgan fingerprint density at radius 3 is 1.80 bits per heavy atom. The molecule has 0 spiro atoms. The first-order valence-electron chi connectivity index (χ1n) is 19.0. The number of ketones is 1.